The largest absolute Gasteiger partial charge is 0.478 e. The first-order valence-electron chi connectivity index (χ1n) is 6.31. The van der Waals surface area contributed by atoms with Crippen LogP contribution in [0.3, 0.4) is 0 Å². The number of halogens is 1. The molecule has 1 aliphatic rings. The summed E-state index contributed by atoms with van der Waals surface area (Å²) in [6.07, 6.45) is 0.940. The van der Waals surface area contributed by atoms with Crippen molar-refractivity contribution in [1.82, 2.24) is 0 Å². The van der Waals surface area contributed by atoms with Gasteiger partial charge in [-0.15, -0.1) is 0 Å². The Hall–Kier alpha value is -2.30. The number of aliphatic hydroxyl groups is 1. The number of carbonyl (C=O) groups is 1. The summed E-state index contributed by atoms with van der Waals surface area (Å²) >= 11 is 5.90. The minimum Gasteiger partial charge on any atom is -0.478 e. The summed E-state index contributed by atoms with van der Waals surface area (Å²) in [6, 6.07) is 10.6. The highest BCUT2D eigenvalue weighted by Gasteiger charge is 2.25. The second-order valence-electron chi connectivity index (χ2n) is 4.80. The van der Waals surface area contributed by atoms with Crippen molar-refractivity contribution < 1.29 is 15.0 Å². The van der Waals surface area contributed by atoms with E-state index in [0.717, 1.165) is 16.7 Å². The lowest BCUT2D eigenvalue weighted by Crippen LogP contribution is -2.06. The number of rotatable bonds is 2. The molecule has 0 spiro atoms. The van der Waals surface area contributed by atoms with Gasteiger partial charge in [0.25, 0.3) is 0 Å². The molecule has 0 fully saturated rings. The summed E-state index contributed by atoms with van der Waals surface area (Å²) in [5.74, 6) is -1.17. The molecule has 1 atom stereocenters. The number of anilines is 1. The second-order valence-corrected chi connectivity index (χ2v) is 5.21. The molecule has 0 saturated heterocycles. The molecule has 1 aliphatic carbocycles. The lowest BCUT2D eigenvalue weighted by atomic mass is 9.95. The maximum Gasteiger partial charge on any atom is 0.339 e. The van der Waals surface area contributed by atoms with E-state index in [2.05, 4.69) is 0 Å². The van der Waals surface area contributed by atoms with E-state index in [0.29, 0.717) is 5.56 Å². The van der Waals surface area contributed by atoms with Gasteiger partial charge >= 0.3 is 5.97 Å². The summed E-state index contributed by atoms with van der Waals surface area (Å²) in [5.41, 5.74) is 8.86. The van der Waals surface area contributed by atoms with Crippen molar-refractivity contribution in [3.05, 3.63) is 69.8 Å². The number of carboxylic acid groups (broad SMARTS) is 1. The molecule has 4 N–H and O–H groups in total. The fourth-order valence-corrected chi connectivity index (χ4v) is 2.86. The van der Waals surface area contributed by atoms with Gasteiger partial charge in [0.2, 0.25) is 0 Å². The van der Waals surface area contributed by atoms with Gasteiger partial charge in [0.15, 0.2) is 0 Å². The SMILES string of the molecule is Nc1c(C2=CC(O)c3ccccc32)ccc(Cl)c1C(=O)O. The summed E-state index contributed by atoms with van der Waals surface area (Å²) in [4.78, 5) is 11.3. The van der Waals surface area contributed by atoms with Crippen LogP contribution in [0.1, 0.15) is 33.2 Å². The van der Waals surface area contributed by atoms with Gasteiger partial charge in [0.1, 0.15) is 5.56 Å². The Bertz CT molecular complexity index is 783. The highest BCUT2D eigenvalue weighted by molar-refractivity contribution is 6.34. The Kier molecular flexibility index (Phi) is 3.20. The zero-order valence-corrected chi connectivity index (χ0v) is 11.6. The number of carboxylic acids is 1. The smallest absolute Gasteiger partial charge is 0.339 e. The van der Waals surface area contributed by atoms with Crippen LogP contribution in [0.2, 0.25) is 5.02 Å². The first kappa shape index (κ1) is 13.7. The number of aromatic carboxylic acids is 1. The molecule has 21 heavy (non-hydrogen) atoms. The van der Waals surface area contributed by atoms with Crippen LogP contribution in [0.25, 0.3) is 5.57 Å². The average Bonchev–Trinajstić information content (AvgIpc) is 2.76. The third kappa shape index (κ3) is 2.09. The van der Waals surface area contributed by atoms with Crippen molar-refractivity contribution >= 4 is 28.8 Å². The Morgan fingerprint density at radius 1 is 1.14 bits per heavy atom. The van der Waals surface area contributed by atoms with Gasteiger partial charge in [-0.05, 0) is 28.8 Å². The quantitative estimate of drug-likeness (QED) is 0.744. The predicted molar refractivity (Wildman–Crippen MR) is 81.3 cm³/mol. The molecule has 4 nitrogen and oxygen atoms in total. The van der Waals surface area contributed by atoms with Gasteiger partial charge in [-0.1, -0.05) is 41.9 Å². The number of benzene rings is 2. The minimum atomic E-state index is -1.17. The summed E-state index contributed by atoms with van der Waals surface area (Å²) in [6.45, 7) is 0. The van der Waals surface area contributed by atoms with Crippen molar-refractivity contribution in [1.29, 1.82) is 0 Å². The molecule has 1 unspecified atom stereocenters. The molecular formula is C16H12ClNO3. The van der Waals surface area contributed by atoms with E-state index >= 15 is 0 Å². The fourth-order valence-electron chi connectivity index (χ4n) is 2.62. The van der Waals surface area contributed by atoms with E-state index < -0.39 is 12.1 Å². The van der Waals surface area contributed by atoms with Crippen molar-refractivity contribution in [2.75, 3.05) is 5.73 Å². The Balaban J connectivity index is 2.22. The van der Waals surface area contributed by atoms with Crippen LogP contribution in [-0.4, -0.2) is 16.2 Å². The van der Waals surface area contributed by atoms with Crippen LogP contribution < -0.4 is 5.73 Å². The Labute approximate surface area is 126 Å². The van der Waals surface area contributed by atoms with Gasteiger partial charge in [-0.3, -0.25) is 0 Å². The van der Waals surface area contributed by atoms with Gasteiger partial charge in [0, 0.05) is 5.56 Å². The molecule has 2 aromatic rings. The van der Waals surface area contributed by atoms with Crippen LogP contribution in [0, 0.1) is 0 Å². The van der Waals surface area contributed by atoms with Crippen molar-refractivity contribution in [3.8, 4) is 0 Å². The van der Waals surface area contributed by atoms with Crippen LogP contribution in [0.5, 0.6) is 0 Å². The maximum atomic E-state index is 11.3. The van der Waals surface area contributed by atoms with E-state index in [1.807, 2.05) is 24.3 Å². The first-order chi connectivity index (χ1) is 10.0. The third-order valence-electron chi connectivity index (χ3n) is 3.59. The van der Waals surface area contributed by atoms with Crippen LogP contribution >= 0.6 is 11.6 Å². The van der Waals surface area contributed by atoms with Crippen LogP contribution in [0.4, 0.5) is 5.69 Å². The molecule has 106 valence electrons. The van der Waals surface area contributed by atoms with E-state index in [-0.39, 0.29) is 16.3 Å². The highest BCUT2D eigenvalue weighted by atomic mass is 35.5. The standard InChI is InChI=1S/C16H12ClNO3/c17-12-6-5-10(15(18)14(12)16(20)21)11-7-13(19)9-4-2-1-3-8(9)11/h1-7,13,19H,18H2,(H,20,21). The number of hydrogen-bond acceptors (Lipinski definition) is 3. The normalized spacial score (nSPS) is 16.5. The molecule has 3 rings (SSSR count). The lowest BCUT2D eigenvalue weighted by Gasteiger charge is -2.12. The van der Waals surface area contributed by atoms with Crippen molar-refractivity contribution in [2.45, 2.75) is 6.10 Å². The minimum absolute atomic E-state index is 0.0937. The van der Waals surface area contributed by atoms with Crippen LogP contribution in [-0.2, 0) is 0 Å². The fraction of sp³-hybridized carbons (Fsp3) is 0.0625. The molecule has 0 aromatic heterocycles. The molecule has 0 radical (unpaired) electrons. The van der Waals surface area contributed by atoms with E-state index in [1.54, 1.807) is 12.1 Å². The molecule has 0 bridgehead atoms. The lowest BCUT2D eigenvalue weighted by molar-refractivity contribution is 0.0698. The summed E-state index contributed by atoms with van der Waals surface area (Å²) in [5, 5.41) is 19.4. The topological polar surface area (TPSA) is 83.5 Å². The zero-order valence-electron chi connectivity index (χ0n) is 10.9. The van der Waals surface area contributed by atoms with Crippen molar-refractivity contribution in [3.63, 3.8) is 0 Å². The first-order valence-corrected chi connectivity index (χ1v) is 6.69. The zero-order chi connectivity index (χ0) is 15.1. The van der Waals surface area contributed by atoms with Crippen LogP contribution in [0.15, 0.2) is 42.5 Å². The van der Waals surface area contributed by atoms with Crippen molar-refractivity contribution in [2.24, 2.45) is 0 Å². The monoisotopic (exact) mass is 301 g/mol. The molecule has 2 aromatic carbocycles. The number of aliphatic hydroxyl groups excluding tert-OH is 1. The van der Waals surface area contributed by atoms with E-state index in [1.165, 1.54) is 6.07 Å². The molecule has 0 saturated carbocycles. The Morgan fingerprint density at radius 2 is 1.86 bits per heavy atom. The highest BCUT2D eigenvalue weighted by Crippen LogP contribution is 2.41. The van der Waals surface area contributed by atoms with Gasteiger partial charge in [-0.25, -0.2) is 4.79 Å². The predicted octanol–water partition coefficient (Wildman–Crippen LogP) is 3.10. The molecule has 0 amide bonds. The average molecular weight is 302 g/mol. The molecule has 0 aliphatic heterocycles. The molecule has 5 heteroatoms. The maximum absolute atomic E-state index is 11.3. The van der Waals surface area contributed by atoms with Gasteiger partial charge in [0.05, 0.1) is 16.8 Å². The summed E-state index contributed by atoms with van der Waals surface area (Å²) in [7, 11) is 0. The third-order valence-corrected chi connectivity index (χ3v) is 3.91. The van der Waals surface area contributed by atoms with Gasteiger partial charge in [-0.2, -0.15) is 0 Å². The summed E-state index contributed by atoms with van der Waals surface area (Å²) < 4.78 is 0. The number of nitrogen functional groups attached to an aromatic ring is 1. The second kappa shape index (κ2) is 4.91. The Morgan fingerprint density at radius 3 is 2.57 bits per heavy atom. The molecule has 0 heterocycles. The number of nitrogens with two attached hydrogens (primary N) is 1. The van der Waals surface area contributed by atoms with E-state index in [9.17, 15) is 15.0 Å². The number of hydrogen-bond donors (Lipinski definition) is 3. The molecular weight excluding hydrogens is 290 g/mol. The number of fused-ring (bicyclic) bond motifs is 1. The van der Waals surface area contributed by atoms with Gasteiger partial charge < -0.3 is 15.9 Å². The van der Waals surface area contributed by atoms with E-state index in [4.69, 9.17) is 17.3 Å².